The Hall–Kier alpha value is -4.64. The van der Waals surface area contributed by atoms with Crippen molar-refractivity contribution in [3.63, 3.8) is 0 Å². The Labute approximate surface area is 266 Å². The van der Waals surface area contributed by atoms with Crippen molar-refractivity contribution in [2.75, 3.05) is 33.5 Å². The molecule has 11 heteroatoms. The third-order valence-corrected chi connectivity index (χ3v) is 8.50. The number of rotatable bonds is 11. The van der Waals surface area contributed by atoms with Crippen LogP contribution in [-0.4, -0.2) is 61.8 Å². The van der Waals surface area contributed by atoms with Crippen molar-refractivity contribution >= 4 is 46.5 Å². The first-order chi connectivity index (χ1) is 21.8. The van der Waals surface area contributed by atoms with Gasteiger partial charge in [0.2, 0.25) is 0 Å². The average molecular weight is 633 g/mol. The second kappa shape index (κ2) is 14.0. The fourth-order valence-electron chi connectivity index (χ4n) is 5.47. The van der Waals surface area contributed by atoms with Gasteiger partial charge in [0.25, 0.3) is 5.91 Å². The Balaban J connectivity index is 1.55. The van der Waals surface area contributed by atoms with E-state index in [1.807, 2.05) is 49.4 Å². The Bertz CT molecular complexity index is 1680. The molecule has 0 aromatic heterocycles. The zero-order valence-corrected chi connectivity index (χ0v) is 26.7. The van der Waals surface area contributed by atoms with E-state index in [-0.39, 0.29) is 25.7 Å². The molecule has 0 bridgehead atoms. The minimum atomic E-state index is -0.786. The van der Waals surface area contributed by atoms with Crippen molar-refractivity contribution in [1.82, 2.24) is 10.2 Å². The van der Waals surface area contributed by atoms with Crippen LogP contribution in [0, 0.1) is 0 Å². The van der Waals surface area contributed by atoms with Gasteiger partial charge in [0.1, 0.15) is 5.75 Å². The van der Waals surface area contributed by atoms with Gasteiger partial charge in [0.15, 0.2) is 23.6 Å². The number of carbonyl (C=O) groups is 3. The zero-order chi connectivity index (χ0) is 32.1. The Morgan fingerprint density at radius 3 is 2.36 bits per heavy atom. The molecule has 0 unspecified atom stereocenters. The normalized spacial score (nSPS) is 18.5. The molecule has 5 rings (SSSR count). The third-order valence-electron chi connectivity index (χ3n) is 7.39. The van der Waals surface area contributed by atoms with Gasteiger partial charge in [-0.1, -0.05) is 48.2 Å². The predicted octanol–water partition coefficient (Wildman–Crippen LogP) is 5.57. The van der Waals surface area contributed by atoms with Gasteiger partial charge in [0.05, 0.1) is 43.5 Å². The smallest absolute Gasteiger partial charge is 0.344 e. The van der Waals surface area contributed by atoms with Crippen LogP contribution in [0.5, 0.6) is 17.2 Å². The molecule has 10 nitrogen and oxygen atoms in total. The van der Waals surface area contributed by atoms with E-state index >= 15 is 0 Å². The van der Waals surface area contributed by atoms with Gasteiger partial charge in [-0.05, 0) is 68.5 Å². The summed E-state index contributed by atoms with van der Waals surface area (Å²) < 4.78 is 27.5. The lowest BCUT2D eigenvalue weighted by Gasteiger charge is -2.39. The van der Waals surface area contributed by atoms with Gasteiger partial charge in [-0.25, -0.2) is 9.59 Å². The van der Waals surface area contributed by atoms with Crippen molar-refractivity contribution in [3.8, 4) is 17.2 Å². The molecule has 1 saturated heterocycles. The molecular formula is C34H36N2O8S. The van der Waals surface area contributed by atoms with Crippen LogP contribution in [0.25, 0.3) is 16.8 Å². The lowest BCUT2D eigenvalue weighted by atomic mass is 9.93. The van der Waals surface area contributed by atoms with E-state index in [1.54, 1.807) is 43.9 Å². The summed E-state index contributed by atoms with van der Waals surface area (Å²) >= 11 is 1.38. The number of nitrogens with zero attached hydrogens (tertiary/aromatic N) is 1. The summed E-state index contributed by atoms with van der Waals surface area (Å²) in [5.74, 6) is 0.165. The van der Waals surface area contributed by atoms with Crippen LogP contribution in [0.2, 0.25) is 0 Å². The molecule has 2 atom stereocenters. The number of ether oxygens (including phenoxy) is 5. The molecule has 0 radical (unpaired) electrons. The lowest BCUT2D eigenvalue weighted by molar-refractivity contribution is -0.145. The summed E-state index contributed by atoms with van der Waals surface area (Å²) in [7, 11) is 1.48. The van der Waals surface area contributed by atoms with Gasteiger partial charge in [-0.2, -0.15) is 0 Å². The molecule has 2 heterocycles. The van der Waals surface area contributed by atoms with Gasteiger partial charge in [0, 0.05) is 11.1 Å². The molecule has 0 saturated carbocycles. The predicted molar refractivity (Wildman–Crippen MR) is 172 cm³/mol. The standard InChI is InChI=1S/C34H36N2O8S/c1-6-41-25-15-13-21(23-11-9-10-12-24(23)25)18-28-32(38)36-31(30(33(39)43-8-3)20(4)35-34(36)45-28)22-14-16-26(27(17-22)40-5)44-19-29(37)42-7-2/h9-18,31,34-35H,6-8,19H2,1-5H3/b28-18-/t31-,34+/m1/s1. The molecule has 1 N–H and O–H groups in total. The highest BCUT2D eigenvalue weighted by atomic mass is 32.2. The first-order valence-corrected chi connectivity index (χ1v) is 15.6. The number of benzene rings is 3. The number of hydrogen-bond acceptors (Lipinski definition) is 10. The SMILES string of the molecule is CCOC(=O)COc1ccc([C@@H]2C(C(=O)OCC)=C(C)N[C@@H]3S/C(=C\c4ccc(OCC)c5ccccc45)C(=O)N32)cc1OC. The van der Waals surface area contributed by atoms with E-state index in [0.717, 1.165) is 22.1 Å². The van der Waals surface area contributed by atoms with E-state index in [1.165, 1.54) is 18.9 Å². The molecule has 0 spiro atoms. The highest BCUT2D eigenvalue weighted by Crippen LogP contribution is 2.48. The Morgan fingerprint density at radius 1 is 0.911 bits per heavy atom. The van der Waals surface area contributed by atoms with Gasteiger partial charge >= 0.3 is 11.9 Å². The maximum atomic E-state index is 14.2. The van der Waals surface area contributed by atoms with Crippen molar-refractivity contribution < 1.29 is 38.1 Å². The zero-order valence-electron chi connectivity index (χ0n) is 25.9. The van der Waals surface area contributed by atoms with Gasteiger partial charge in [-0.15, -0.1) is 0 Å². The second-order valence-electron chi connectivity index (χ2n) is 10.1. The van der Waals surface area contributed by atoms with Gasteiger partial charge in [-0.3, -0.25) is 9.69 Å². The number of fused-ring (bicyclic) bond motifs is 2. The molecule has 45 heavy (non-hydrogen) atoms. The highest BCUT2D eigenvalue weighted by Gasteiger charge is 2.48. The van der Waals surface area contributed by atoms with Crippen molar-refractivity contribution in [3.05, 3.63) is 81.9 Å². The molecule has 1 amide bonds. The van der Waals surface area contributed by atoms with Crippen LogP contribution in [0.4, 0.5) is 0 Å². The van der Waals surface area contributed by atoms with E-state index in [2.05, 4.69) is 5.32 Å². The molecular weight excluding hydrogens is 596 g/mol. The van der Waals surface area contributed by atoms with Crippen LogP contribution in [0.3, 0.4) is 0 Å². The van der Waals surface area contributed by atoms with Crippen LogP contribution >= 0.6 is 11.8 Å². The van der Waals surface area contributed by atoms with E-state index in [9.17, 15) is 14.4 Å². The van der Waals surface area contributed by atoms with Crippen molar-refractivity contribution in [2.24, 2.45) is 0 Å². The summed E-state index contributed by atoms with van der Waals surface area (Å²) in [5.41, 5.74) is 1.94. The quantitative estimate of drug-likeness (QED) is 0.213. The van der Waals surface area contributed by atoms with Crippen molar-refractivity contribution in [1.29, 1.82) is 0 Å². The second-order valence-corrected chi connectivity index (χ2v) is 11.3. The fourth-order valence-corrected chi connectivity index (χ4v) is 6.68. The van der Waals surface area contributed by atoms with Crippen molar-refractivity contribution in [2.45, 2.75) is 39.2 Å². The molecule has 1 fully saturated rings. The first-order valence-electron chi connectivity index (χ1n) is 14.8. The number of esters is 2. The van der Waals surface area contributed by atoms with Crippen LogP contribution in [-0.2, 0) is 23.9 Å². The summed E-state index contributed by atoms with van der Waals surface area (Å²) in [6.45, 7) is 7.87. The average Bonchev–Trinajstić information content (AvgIpc) is 3.34. The van der Waals surface area contributed by atoms with Crippen LogP contribution in [0.15, 0.2) is 70.8 Å². The molecule has 236 valence electrons. The highest BCUT2D eigenvalue weighted by molar-refractivity contribution is 8.05. The number of nitrogens with one attached hydrogen (secondary N) is 1. The first kappa shape index (κ1) is 31.8. The number of thioether (sulfide) groups is 1. The Kier molecular flexibility index (Phi) is 9.87. The summed E-state index contributed by atoms with van der Waals surface area (Å²) in [6.07, 6.45) is 1.88. The van der Waals surface area contributed by atoms with E-state index in [0.29, 0.717) is 39.8 Å². The number of methoxy groups -OCH3 is 1. The summed E-state index contributed by atoms with van der Waals surface area (Å²) in [4.78, 5) is 41.6. The Morgan fingerprint density at radius 2 is 1.64 bits per heavy atom. The monoisotopic (exact) mass is 632 g/mol. The number of amides is 1. The number of allylic oxidation sites excluding steroid dienone is 1. The summed E-state index contributed by atoms with van der Waals surface area (Å²) in [6, 6.07) is 16.1. The fraction of sp³-hybridized carbons (Fsp3) is 0.324. The van der Waals surface area contributed by atoms with Crippen LogP contribution in [0.1, 0.15) is 44.9 Å². The molecule has 0 aliphatic carbocycles. The maximum absolute atomic E-state index is 14.2. The lowest BCUT2D eigenvalue weighted by Crippen LogP contribution is -2.50. The van der Waals surface area contributed by atoms with E-state index in [4.69, 9.17) is 23.7 Å². The topological polar surface area (TPSA) is 113 Å². The number of carbonyl (C=O) groups excluding carboxylic acids is 3. The van der Waals surface area contributed by atoms with Gasteiger partial charge < -0.3 is 29.0 Å². The molecule has 2 aliphatic heterocycles. The molecule has 3 aromatic carbocycles. The number of hydrogen-bond donors (Lipinski definition) is 1. The molecule has 2 aliphatic rings. The summed E-state index contributed by atoms with van der Waals surface area (Å²) in [5, 5.41) is 5.26. The largest absolute Gasteiger partial charge is 0.493 e. The molecule has 3 aromatic rings. The minimum Gasteiger partial charge on any atom is -0.493 e. The maximum Gasteiger partial charge on any atom is 0.344 e. The van der Waals surface area contributed by atoms with E-state index < -0.39 is 23.5 Å². The third kappa shape index (κ3) is 6.44. The minimum absolute atomic E-state index is 0.175. The van der Waals surface area contributed by atoms with Crippen LogP contribution < -0.4 is 19.5 Å².